The Kier molecular flexibility index (Phi) is 3.48. The van der Waals surface area contributed by atoms with Crippen LogP contribution in [0.15, 0.2) is 54.6 Å². The van der Waals surface area contributed by atoms with Crippen LogP contribution in [-0.2, 0) is 6.54 Å². The molecule has 2 nitrogen and oxygen atoms in total. The molecule has 21 heavy (non-hydrogen) atoms. The van der Waals surface area contributed by atoms with Crippen LogP contribution >= 0.6 is 0 Å². The number of aryl methyl sites for hydroxylation is 1. The van der Waals surface area contributed by atoms with Gasteiger partial charge in [-0.1, -0.05) is 36.4 Å². The van der Waals surface area contributed by atoms with Gasteiger partial charge < -0.3 is 10.4 Å². The van der Waals surface area contributed by atoms with Gasteiger partial charge in [0.1, 0.15) is 11.6 Å². The summed E-state index contributed by atoms with van der Waals surface area (Å²) in [5.74, 6) is 0.0101. The molecule has 0 saturated carbocycles. The summed E-state index contributed by atoms with van der Waals surface area (Å²) in [7, 11) is 0. The first-order valence-corrected chi connectivity index (χ1v) is 6.85. The minimum Gasteiger partial charge on any atom is -0.508 e. The van der Waals surface area contributed by atoms with Gasteiger partial charge in [0.2, 0.25) is 0 Å². The Balaban J connectivity index is 1.91. The fourth-order valence-corrected chi connectivity index (χ4v) is 2.40. The van der Waals surface area contributed by atoms with Gasteiger partial charge in [0.15, 0.2) is 0 Å². The quantitative estimate of drug-likeness (QED) is 0.735. The van der Waals surface area contributed by atoms with Crippen LogP contribution in [0.5, 0.6) is 5.75 Å². The average molecular weight is 281 g/mol. The largest absolute Gasteiger partial charge is 0.508 e. The molecular formula is C18H16FNO. The van der Waals surface area contributed by atoms with Crippen LogP contribution < -0.4 is 5.32 Å². The molecule has 0 aliphatic rings. The number of hydrogen-bond acceptors (Lipinski definition) is 2. The normalized spacial score (nSPS) is 10.8. The first kappa shape index (κ1) is 13.4. The Morgan fingerprint density at radius 2 is 1.86 bits per heavy atom. The second kappa shape index (κ2) is 5.44. The Bertz CT molecular complexity index is 798. The maximum atomic E-state index is 13.5. The predicted molar refractivity (Wildman–Crippen MR) is 84.1 cm³/mol. The third-order valence-electron chi connectivity index (χ3n) is 3.66. The lowest BCUT2D eigenvalue weighted by molar-refractivity contribution is 0.470. The van der Waals surface area contributed by atoms with E-state index in [0.29, 0.717) is 17.8 Å². The van der Waals surface area contributed by atoms with Crippen molar-refractivity contribution in [1.29, 1.82) is 0 Å². The van der Waals surface area contributed by atoms with Gasteiger partial charge >= 0.3 is 0 Å². The zero-order valence-corrected chi connectivity index (χ0v) is 11.7. The maximum Gasteiger partial charge on any atom is 0.128 e. The minimum absolute atomic E-state index is 0.234. The molecule has 3 rings (SSSR count). The SMILES string of the molecule is Cc1ccc(NCc2c(O)ccc3ccccc23)cc1F. The molecule has 0 spiro atoms. The van der Waals surface area contributed by atoms with E-state index in [9.17, 15) is 9.50 Å². The van der Waals surface area contributed by atoms with Crippen LogP contribution in [0, 0.1) is 12.7 Å². The number of anilines is 1. The maximum absolute atomic E-state index is 13.5. The summed E-state index contributed by atoms with van der Waals surface area (Å²) in [6.07, 6.45) is 0. The first-order chi connectivity index (χ1) is 10.1. The zero-order chi connectivity index (χ0) is 14.8. The minimum atomic E-state index is -0.234. The lowest BCUT2D eigenvalue weighted by atomic mass is 10.0. The first-order valence-electron chi connectivity index (χ1n) is 6.85. The van der Waals surface area contributed by atoms with E-state index in [0.717, 1.165) is 16.3 Å². The van der Waals surface area contributed by atoms with Crippen LogP contribution in [0.2, 0.25) is 0 Å². The van der Waals surface area contributed by atoms with E-state index in [4.69, 9.17) is 0 Å². The number of phenols is 1. The molecule has 0 radical (unpaired) electrons. The van der Waals surface area contributed by atoms with E-state index in [1.165, 1.54) is 6.07 Å². The summed E-state index contributed by atoms with van der Waals surface area (Å²) in [5.41, 5.74) is 2.13. The van der Waals surface area contributed by atoms with Crippen molar-refractivity contribution >= 4 is 16.5 Å². The number of nitrogens with one attached hydrogen (secondary N) is 1. The number of fused-ring (bicyclic) bond motifs is 1. The summed E-state index contributed by atoms with van der Waals surface area (Å²) in [6.45, 7) is 2.17. The highest BCUT2D eigenvalue weighted by molar-refractivity contribution is 5.87. The standard InChI is InChI=1S/C18H16FNO/c1-12-6-8-14(10-17(12)19)20-11-16-15-5-3-2-4-13(15)7-9-18(16)21/h2-10,20-21H,11H2,1H3. The van der Waals surface area contributed by atoms with Crippen LogP contribution in [0.4, 0.5) is 10.1 Å². The number of halogens is 1. The van der Waals surface area contributed by atoms with Gasteiger partial charge in [-0.25, -0.2) is 4.39 Å². The molecule has 3 heteroatoms. The number of phenolic OH excluding ortho intramolecular Hbond substituents is 1. The molecule has 0 unspecified atom stereocenters. The van der Waals surface area contributed by atoms with E-state index < -0.39 is 0 Å². The Labute approximate surface area is 122 Å². The third kappa shape index (κ3) is 2.68. The van der Waals surface area contributed by atoms with E-state index >= 15 is 0 Å². The van der Waals surface area contributed by atoms with Gasteiger partial charge in [-0.3, -0.25) is 0 Å². The van der Waals surface area contributed by atoms with Crippen LogP contribution in [0.1, 0.15) is 11.1 Å². The van der Waals surface area contributed by atoms with Gasteiger partial charge in [0.05, 0.1) is 0 Å². The highest BCUT2D eigenvalue weighted by atomic mass is 19.1. The van der Waals surface area contributed by atoms with Crippen LogP contribution in [-0.4, -0.2) is 5.11 Å². The molecule has 0 fully saturated rings. The molecule has 0 saturated heterocycles. The average Bonchev–Trinajstić information content (AvgIpc) is 2.50. The van der Waals surface area contributed by atoms with E-state index in [-0.39, 0.29) is 11.6 Å². The summed E-state index contributed by atoms with van der Waals surface area (Å²) in [6, 6.07) is 16.5. The van der Waals surface area contributed by atoms with Gasteiger partial charge in [0, 0.05) is 17.8 Å². The number of rotatable bonds is 3. The second-order valence-electron chi connectivity index (χ2n) is 5.10. The van der Waals surface area contributed by atoms with Crippen molar-refractivity contribution < 1.29 is 9.50 Å². The van der Waals surface area contributed by atoms with Crippen molar-refractivity contribution in [3.8, 4) is 5.75 Å². The van der Waals surface area contributed by atoms with Crippen molar-refractivity contribution in [3.05, 3.63) is 71.5 Å². The number of aromatic hydroxyl groups is 1. The molecule has 2 N–H and O–H groups in total. The topological polar surface area (TPSA) is 32.3 Å². The molecule has 0 atom stereocenters. The lowest BCUT2D eigenvalue weighted by Gasteiger charge is -2.12. The van der Waals surface area contributed by atoms with Crippen molar-refractivity contribution in [1.82, 2.24) is 0 Å². The fraction of sp³-hybridized carbons (Fsp3) is 0.111. The molecule has 0 amide bonds. The molecule has 3 aromatic rings. The Hall–Kier alpha value is -2.55. The van der Waals surface area contributed by atoms with Gasteiger partial charge in [-0.2, -0.15) is 0 Å². The van der Waals surface area contributed by atoms with E-state index in [1.54, 1.807) is 19.1 Å². The lowest BCUT2D eigenvalue weighted by Crippen LogP contribution is -2.01. The summed E-state index contributed by atoms with van der Waals surface area (Å²) < 4.78 is 13.5. The molecule has 106 valence electrons. The zero-order valence-electron chi connectivity index (χ0n) is 11.7. The van der Waals surface area contributed by atoms with Crippen molar-refractivity contribution in [3.63, 3.8) is 0 Å². The highest BCUT2D eigenvalue weighted by Crippen LogP contribution is 2.28. The molecule has 0 bridgehead atoms. The highest BCUT2D eigenvalue weighted by Gasteiger charge is 2.07. The molecule has 0 aliphatic heterocycles. The summed E-state index contributed by atoms with van der Waals surface area (Å²) >= 11 is 0. The van der Waals surface area contributed by atoms with Crippen LogP contribution in [0.3, 0.4) is 0 Å². The van der Waals surface area contributed by atoms with Gasteiger partial charge in [-0.05, 0) is 41.5 Å². The van der Waals surface area contributed by atoms with Crippen LogP contribution in [0.25, 0.3) is 10.8 Å². The molecule has 0 heterocycles. The molecule has 3 aromatic carbocycles. The number of benzene rings is 3. The van der Waals surface area contributed by atoms with Gasteiger partial charge in [-0.15, -0.1) is 0 Å². The third-order valence-corrected chi connectivity index (χ3v) is 3.66. The van der Waals surface area contributed by atoms with E-state index in [2.05, 4.69) is 5.32 Å². The smallest absolute Gasteiger partial charge is 0.128 e. The van der Waals surface area contributed by atoms with Crippen molar-refractivity contribution in [2.24, 2.45) is 0 Å². The fourth-order valence-electron chi connectivity index (χ4n) is 2.40. The Morgan fingerprint density at radius 3 is 2.67 bits per heavy atom. The second-order valence-corrected chi connectivity index (χ2v) is 5.10. The number of hydrogen-bond donors (Lipinski definition) is 2. The summed E-state index contributed by atoms with van der Waals surface area (Å²) in [5, 5.41) is 15.3. The van der Waals surface area contributed by atoms with Crippen molar-refractivity contribution in [2.75, 3.05) is 5.32 Å². The summed E-state index contributed by atoms with van der Waals surface area (Å²) in [4.78, 5) is 0. The monoisotopic (exact) mass is 281 g/mol. The van der Waals surface area contributed by atoms with Crippen molar-refractivity contribution in [2.45, 2.75) is 13.5 Å². The van der Waals surface area contributed by atoms with Gasteiger partial charge in [0.25, 0.3) is 0 Å². The predicted octanol–water partition coefficient (Wildman–Crippen LogP) is 4.61. The molecule has 0 aromatic heterocycles. The Morgan fingerprint density at radius 1 is 1.05 bits per heavy atom. The molecular weight excluding hydrogens is 265 g/mol. The van der Waals surface area contributed by atoms with E-state index in [1.807, 2.05) is 36.4 Å². The molecule has 0 aliphatic carbocycles.